The smallest absolute Gasteiger partial charge is 0.253 e. The first-order valence-corrected chi connectivity index (χ1v) is 7.86. The van der Waals surface area contributed by atoms with Crippen LogP contribution in [-0.2, 0) is 0 Å². The molecule has 1 aromatic heterocycles. The first kappa shape index (κ1) is 16.0. The van der Waals surface area contributed by atoms with Gasteiger partial charge in [0.25, 0.3) is 5.91 Å². The molecule has 0 radical (unpaired) electrons. The number of halogens is 1. The van der Waals surface area contributed by atoms with E-state index in [1.165, 1.54) is 0 Å². The number of piperidine rings is 1. The highest BCUT2D eigenvalue weighted by molar-refractivity contribution is 6.33. The molecule has 1 fully saturated rings. The van der Waals surface area contributed by atoms with Crippen molar-refractivity contribution >= 4 is 23.3 Å². The van der Waals surface area contributed by atoms with Gasteiger partial charge in [0, 0.05) is 18.8 Å². The number of rotatable bonds is 5. The van der Waals surface area contributed by atoms with Crippen LogP contribution < -0.4 is 10.6 Å². The van der Waals surface area contributed by atoms with Gasteiger partial charge in [-0.15, -0.1) is 0 Å². The average molecular weight is 311 g/mol. The van der Waals surface area contributed by atoms with Crippen LogP contribution in [0.1, 0.15) is 36.5 Å². The summed E-state index contributed by atoms with van der Waals surface area (Å²) in [5.41, 5.74) is 0.515. The van der Waals surface area contributed by atoms with Gasteiger partial charge in [-0.05, 0) is 45.5 Å². The Hall–Kier alpha value is -1.33. The van der Waals surface area contributed by atoms with Crippen molar-refractivity contribution in [1.82, 2.24) is 15.2 Å². The van der Waals surface area contributed by atoms with E-state index in [1.54, 1.807) is 12.3 Å². The van der Waals surface area contributed by atoms with E-state index in [9.17, 15) is 4.79 Å². The maximum absolute atomic E-state index is 12.2. The zero-order valence-corrected chi connectivity index (χ0v) is 13.4. The van der Waals surface area contributed by atoms with E-state index in [0.29, 0.717) is 16.4 Å². The molecule has 1 aliphatic rings. The summed E-state index contributed by atoms with van der Waals surface area (Å²) < 4.78 is 0. The van der Waals surface area contributed by atoms with Crippen LogP contribution in [-0.4, -0.2) is 48.5 Å². The summed E-state index contributed by atoms with van der Waals surface area (Å²) in [7, 11) is 2.10. The van der Waals surface area contributed by atoms with Gasteiger partial charge in [-0.25, -0.2) is 4.98 Å². The predicted octanol–water partition coefficient (Wildman–Crippen LogP) is 2.38. The van der Waals surface area contributed by atoms with Crippen LogP contribution in [0.4, 0.5) is 5.82 Å². The van der Waals surface area contributed by atoms with Crippen LogP contribution >= 0.6 is 11.6 Å². The second-order valence-corrected chi connectivity index (χ2v) is 5.94. The zero-order valence-electron chi connectivity index (χ0n) is 12.7. The van der Waals surface area contributed by atoms with E-state index in [4.69, 9.17) is 11.6 Å². The molecular formula is C15H23ClN4O. The molecule has 1 amide bonds. The normalized spacial score (nSPS) is 16.7. The Bertz CT molecular complexity index is 487. The van der Waals surface area contributed by atoms with E-state index in [-0.39, 0.29) is 11.9 Å². The SMILES string of the molecule is CCCNc1ncc(C(=O)NC2CCN(C)CC2)cc1Cl. The third kappa shape index (κ3) is 4.58. The molecule has 0 spiro atoms. The van der Waals surface area contributed by atoms with Crippen LogP contribution in [0, 0.1) is 0 Å². The summed E-state index contributed by atoms with van der Waals surface area (Å²) in [5, 5.41) is 6.68. The molecule has 21 heavy (non-hydrogen) atoms. The molecular weight excluding hydrogens is 288 g/mol. The van der Waals surface area contributed by atoms with Crippen molar-refractivity contribution in [2.45, 2.75) is 32.2 Å². The number of aromatic nitrogens is 1. The molecule has 0 atom stereocenters. The number of carbonyl (C=O) groups excluding carboxylic acids is 1. The summed E-state index contributed by atoms with van der Waals surface area (Å²) in [4.78, 5) is 18.7. The van der Waals surface area contributed by atoms with E-state index < -0.39 is 0 Å². The Morgan fingerprint density at radius 3 is 2.81 bits per heavy atom. The molecule has 2 N–H and O–H groups in total. The molecule has 1 aliphatic heterocycles. The maximum atomic E-state index is 12.2. The van der Waals surface area contributed by atoms with E-state index in [1.807, 2.05) is 0 Å². The van der Waals surface area contributed by atoms with Gasteiger partial charge in [0.15, 0.2) is 0 Å². The van der Waals surface area contributed by atoms with Crippen molar-refractivity contribution in [3.8, 4) is 0 Å². The van der Waals surface area contributed by atoms with E-state index in [2.05, 4.69) is 34.5 Å². The van der Waals surface area contributed by atoms with Gasteiger partial charge in [-0.1, -0.05) is 18.5 Å². The molecule has 116 valence electrons. The minimum absolute atomic E-state index is 0.0963. The third-order valence-electron chi connectivity index (χ3n) is 3.70. The Balaban J connectivity index is 1.94. The number of hydrogen-bond acceptors (Lipinski definition) is 4. The minimum atomic E-state index is -0.0963. The van der Waals surface area contributed by atoms with Gasteiger partial charge >= 0.3 is 0 Å². The van der Waals surface area contributed by atoms with Gasteiger partial charge in [0.2, 0.25) is 0 Å². The lowest BCUT2D eigenvalue weighted by Gasteiger charge is -2.29. The molecule has 1 aromatic rings. The lowest BCUT2D eigenvalue weighted by molar-refractivity contribution is 0.0916. The van der Waals surface area contributed by atoms with Crippen LogP contribution in [0.15, 0.2) is 12.3 Å². The van der Waals surface area contributed by atoms with Gasteiger partial charge in [0.1, 0.15) is 5.82 Å². The second kappa shape index (κ2) is 7.61. The lowest BCUT2D eigenvalue weighted by Crippen LogP contribution is -2.43. The molecule has 2 heterocycles. The van der Waals surface area contributed by atoms with Crippen molar-refractivity contribution in [1.29, 1.82) is 0 Å². The van der Waals surface area contributed by atoms with Gasteiger partial charge in [0.05, 0.1) is 10.6 Å². The van der Waals surface area contributed by atoms with Crippen molar-refractivity contribution < 1.29 is 4.79 Å². The molecule has 2 rings (SSSR count). The van der Waals surface area contributed by atoms with Gasteiger partial charge in [-0.3, -0.25) is 4.79 Å². The molecule has 5 nitrogen and oxygen atoms in total. The molecule has 0 aliphatic carbocycles. The number of hydrogen-bond donors (Lipinski definition) is 2. The number of amides is 1. The molecule has 1 saturated heterocycles. The first-order chi connectivity index (χ1) is 10.1. The zero-order chi connectivity index (χ0) is 15.2. The average Bonchev–Trinajstić information content (AvgIpc) is 2.48. The van der Waals surface area contributed by atoms with Crippen LogP contribution in [0.2, 0.25) is 5.02 Å². The van der Waals surface area contributed by atoms with Crippen LogP contribution in [0.3, 0.4) is 0 Å². The molecule has 0 unspecified atom stereocenters. The summed E-state index contributed by atoms with van der Waals surface area (Å²) in [6.45, 7) is 4.92. The Labute approximate surface area is 131 Å². The number of anilines is 1. The summed E-state index contributed by atoms with van der Waals surface area (Å²) >= 11 is 6.16. The van der Waals surface area contributed by atoms with Crippen molar-refractivity contribution in [2.24, 2.45) is 0 Å². The summed E-state index contributed by atoms with van der Waals surface area (Å²) in [5.74, 6) is 0.537. The fraction of sp³-hybridized carbons (Fsp3) is 0.600. The van der Waals surface area contributed by atoms with Crippen LogP contribution in [0.25, 0.3) is 0 Å². The molecule has 6 heteroatoms. The van der Waals surface area contributed by atoms with Crippen molar-refractivity contribution in [2.75, 3.05) is 32.0 Å². The molecule has 0 bridgehead atoms. The minimum Gasteiger partial charge on any atom is -0.369 e. The Morgan fingerprint density at radius 2 is 2.19 bits per heavy atom. The standard InChI is InChI=1S/C15H23ClN4O/c1-3-6-17-14-13(16)9-11(10-18-14)15(21)19-12-4-7-20(2)8-5-12/h9-10,12H,3-8H2,1-2H3,(H,17,18)(H,19,21). The highest BCUT2D eigenvalue weighted by Gasteiger charge is 2.19. The number of likely N-dealkylation sites (tertiary alicyclic amines) is 1. The maximum Gasteiger partial charge on any atom is 0.253 e. The Kier molecular flexibility index (Phi) is 5.82. The number of pyridine rings is 1. The third-order valence-corrected chi connectivity index (χ3v) is 3.99. The lowest BCUT2D eigenvalue weighted by atomic mass is 10.1. The fourth-order valence-corrected chi connectivity index (χ4v) is 2.59. The molecule has 0 saturated carbocycles. The topological polar surface area (TPSA) is 57.3 Å². The van der Waals surface area contributed by atoms with E-state index in [0.717, 1.165) is 38.9 Å². The van der Waals surface area contributed by atoms with Crippen molar-refractivity contribution in [3.05, 3.63) is 22.8 Å². The first-order valence-electron chi connectivity index (χ1n) is 7.49. The van der Waals surface area contributed by atoms with Crippen molar-refractivity contribution in [3.63, 3.8) is 0 Å². The number of carbonyl (C=O) groups is 1. The Morgan fingerprint density at radius 1 is 1.48 bits per heavy atom. The summed E-state index contributed by atoms with van der Waals surface area (Å²) in [6.07, 6.45) is 4.55. The number of nitrogens with one attached hydrogen (secondary N) is 2. The second-order valence-electron chi connectivity index (χ2n) is 5.53. The molecule has 0 aromatic carbocycles. The highest BCUT2D eigenvalue weighted by Crippen LogP contribution is 2.20. The highest BCUT2D eigenvalue weighted by atomic mass is 35.5. The number of nitrogens with zero attached hydrogens (tertiary/aromatic N) is 2. The quantitative estimate of drug-likeness (QED) is 0.877. The summed E-state index contributed by atoms with van der Waals surface area (Å²) in [6, 6.07) is 1.92. The van der Waals surface area contributed by atoms with E-state index >= 15 is 0 Å². The fourth-order valence-electron chi connectivity index (χ4n) is 2.36. The monoisotopic (exact) mass is 310 g/mol. The largest absolute Gasteiger partial charge is 0.369 e. The van der Waals surface area contributed by atoms with Crippen LogP contribution in [0.5, 0.6) is 0 Å². The van der Waals surface area contributed by atoms with Gasteiger partial charge in [-0.2, -0.15) is 0 Å². The predicted molar refractivity (Wildman–Crippen MR) is 86.0 cm³/mol. The van der Waals surface area contributed by atoms with Gasteiger partial charge < -0.3 is 15.5 Å².